The van der Waals surface area contributed by atoms with Gasteiger partial charge in [0, 0.05) is 21.2 Å². The SMILES string of the molecule is CNC(=O)N(C)C(C)(C=O)OC. The largest absolute Gasteiger partial charge is 0.352 e. The molecule has 0 aliphatic rings. The van der Waals surface area contributed by atoms with Crippen LogP contribution in [0, 0.1) is 0 Å². The van der Waals surface area contributed by atoms with E-state index in [1.807, 2.05) is 0 Å². The number of likely N-dealkylation sites (N-methyl/N-ethyl adjacent to an activating group) is 1. The van der Waals surface area contributed by atoms with Crippen LogP contribution in [-0.4, -0.2) is 44.1 Å². The number of carbonyl (C=O) groups excluding carboxylic acids is 2. The Morgan fingerprint density at radius 3 is 2.42 bits per heavy atom. The monoisotopic (exact) mass is 174 g/mol. The van der Waals surface area contributed by atoms with Gasteiger partial charge in [0.1, 0.15) is 0 Å². The molecule has 0 spiro atoms. The molecular formula is C7H14N2O3. The van der Waals surface area contributed by atoms with Crippen molar-refractivity contribution in [2.45, 2.75) is 12.6 Å². The minimum atomic E-state index is -1.19. The van der Waals surface area contributed by atoms with Gasteiger partial charge in [-0.05, 0) is 6.92 Å². The minimum Gasteiger partial charge on any atom is -0.352 e. The average Bonchev–Trinajstić information content (AvgIpc) is 2.14. The van der Waals surface area contributed by atoms with Crippen LogP contribution in [0.4, 0.5) is 4.79 Å². The van der Waals surface area contributed by atoms with Crippen molar-refractivity contribution >= 4 is 12.3 Å². The maximum atomic E-state index is 11.1. The van der Waals surface area contributed by atoms with Gasteiger partial charge in [0.05, 0.1) is 0 Å². The highest BCUT2D eigenvalue weighted by atomic mass is 16.5. The molecule has 70 valence electrons. The number of nitrogens with zero attached hydrogens (tertiary/aromatic N) is 1. The van der Waals surface area contributed by atoms with Crippen LogP contribution in [0.1, 0.15) is 6.92 Å². The minimum absolute atomic E-state index is 0.369. The number of carbonyl (C=O) groups is 2. The summed E-state index contributed by atoms with van der Waals surface area (Å²) in [6.07, 6.45) is 0.572. The van der Waals surface area contributed by atoms with E-state index in [0.29, 0.717) is 6.29 Å². The Labute approximate surface area is 71.7 Å². The van der Waals surface area contributed by atoms with Gasteiger partial charge < -0.3 is 10.1 Å². The second kappa shape index (κ2) is 4.06. The smallest absolute Gasteiger partial charge is 0.319 e. The van der Waals surface area contributed by atoms with Gasteiger partial charge in [0.15, 0.2) is 12.0 Å². The first-order chi connectivity index (χ1) is 5.51. The Morgan fingerprint density at radius 1 is 1.67 bits per heavy atom. The number of hydrogen-bond donors (Lipinski definition) is 1. The van der Waals surface area contributed by atoms with E-state index >= 15 is 0 Å². The van der Waals surface area contributed by atoms with E-state index in [-0.39, 0.29) is 6.03 Å². The van der Waals surface area contributed by atoms with Crippen molar-refractivity contribution in [2.24, 2.45) is 0 Å². The van der Waals surface area contributed by atoms with Crippen LogP contribution < -0.4 is 5.32 Å². The molecule has 0 fully saturated rings. The zero-order valence-electron chi connectivity index (χ0n) is 7.75. The Hall–Kier alpha value is -1.10. The number of aldehydes is 1. The Morgan fingerprint density at radius 2 is 2.17 bits per heavy atom. The van der Waals surface area contributed by atoms with Gasteiger partial charge in [-0.15, -0.1) is 0 Å². The molecule has 12 heavy (non-hydrogen) atoms. The van der Waals surface area contributed by atoms with Crippen molar-refractivity contribution < 1.29 is 14.3 Å². The third kappa shape index (κ3) is 1.94. The summed E-state index contributed by atoms with van der Waals surface area (Å²) >= 11 is 0. The number of ether oxygens (including phenoxy) is 1. The normalized spacial score (nSPS) is 14.7. The lowest BCUT2D eigenvalue weighted by atomic mass is 10.2. The fourth-order valence-corrected chi connectivity index (χ4v) is 0.633. The van der Waals surface area contributed by atoms with E-state index in [4.69, 9.17) is 4.74 Å². The Balaban J connectivity index is 4.51. The lowest BCUT2D eigenvalue weighted by molar-refractivity contribution is -0.141. The predicted molar refractivity (Wildman–Crippen MR) is 43.7 cm³/mol. The number of urea groups is 1. The molecule has 5 heteroatoms. The van der Waals surface area contributed by atoms with E-state index in [1.54, 1.807) is 0 Å². The van der Waals surface area contributed by atoms with Gasteiger partial charge in [-0.2, -0.15) is 0 Å². The predicted octanol–water partition coefficient (Wildman–Crippen LogP) is -0.181. The van der Waals surface area contributed by atoms with Crippen LogP contribution in [0.5, 0.6) is 0 Å². The van der Waals surface area contributed by atoms with Crippen LogP contribution in [-0.2, 0) is 9.53 Å². The number of methoxy groups -OCH3 is 1. The van der Waals surface area contributed by atoms with Crippen molar-refractivity contribution in [1.29, 1.82) is 0 Å². The van der Waals surface area contributed by atoms with Crippen LogP contribution in [0.25, 0.3) is 0 Å². The van der Waals surface area contributed by atoms with Gasteiger partial charge in [-0.25, -0.2) is 4.79 Å². The van der Waals surface area contributed by atoms with E-state index in [1.165, 1.54) is 33.0 Å². The fraction of sp³-hybridized carbons (Fsp3) is 0.714. The molecule has 0 heterocycles. The first-order valence-corrected chi connectivity index (χ1v) is 3.49. The molecule has 0 rings (SSSR count). The third-order valence-electron chi connectivity index (χ3n) is 1.82. The number of nitrogens with one attached hydrogen (secondary N) is 1. The molecule has 0 aromatic rings. The number of amides is 2. The first kappa shape index (κ1) is 10.9. The van der Waals surface area contributed by atoms with Crippen LogP contribution in [0.2, 0.25) is 0 Å². The van der Waals surface area contributed by atoms with E-state index in [0.717, 1.165) is 0 Å². The molecule has 1 N–H and O–H groups in total. The van der Waals surface area contributed by atoms with Gasteiger partial charge in [0.25, 0.3) is 0 Å². The molecule has 5 nitrogen and oxygen atoms in total. The van der Waals surface area contributed by atoms with Crippen molar-refractivity contribution in [3.63, 3.8) is 0 Å². The lowest BCUT2D eigenvalue weighted by Crippen LogP contribution is -2.52. The molecule has 0 radical (unpaired) electrons. The van der Waals surface area contributed by atoms with Gasteiger partial charge >= 0.3 is 6.03 Å². The molecule has 0 saturated heterocycles. The first-order valence-electron chi connectivity index (χ1n) is 3.49. The summed E-state index contributed by atoms with van der Waals surface area (Å²) < 4.78 is 4.87. The van der Waals surface area contributed by atoms with E-state index < -0.39 is 5.72 Å². The molecule has 0 aromatic carbocycles. The topological polar surface area (TPSA) is 58.6 Å². The summed E-state index contributed by atoms with van der Waals surface area (Å²) in [7, 11) is 4.34. The molecule has 1 atom stereocenters. The van der Waals surface area contributed by atoms with E-state index in [2.05, 4.69) is 5.32 Å². The van der Waals surface area contributed by atoms with Crippen LogP contribution >= 0.6 is 0 Å². The molecule has 0 saturated carbocycles. The van der Waals surface area contributed by atoms with Crippen molar-refractivity contribution in [2.75, 3.05) is 21.2 Å². The van der Waals surface area contributed by atoms with Crippen molar-refractivity contribution in [3.8, 4) is 0 Å². The second-order valence-corrected chi connectivity index (χ2v) is 2.49. The van der Waals surface area contributed by atoms with Gasteiger partial charge in [-0.1, -0.05) is 0 Å². The standard InChI is InChI=1S/C7H14N2O3/c1-7(5-10,12-4)9(3)6(11)8-2/h5H,1-4H3,(H,8,11). The molecule has 0 aromatic heterocycles. The second-order valence-electron chi connectivity index (χ2n) is 2.49. The third-order valence-corrected chi connectivity index (χ3v) is 1.82. The van der Waals surface area contributed by atoms with Gasteiger partial charge in [-0.3, -0.25) is 9.69 Å². The average molecular weight is 174 g/mol. The quantitative estimate of drug-likeness (QED) is 0.477. The highest BCUT2D eigenvalue weighted by molar-refractivity contribution is 5.78. The summed E-state index contributed by atoms with van der Waals surface area (Å²) in [6.45, 7) is 1.51. The van der Waals surface area contributed by atoms with Gasteiger partial charge in [0.2, 0.25) is 0 Å². The fourth-order valence-electron chi connectivity index (χ4n) is 0.633. The van der Waals surface area contributed by atoms with Crippen LogP contribution in [0.3, 0.4) is 0 Å². The highest BCUT2D eigenvalue weighted by Gasteiger charge is 2.31. The number of rotatable bonds is 3. The summed E-state index contributed by atoms with van der Waals surface area (Å²) in [4.78, 5) is 22.8. The maximum Gasteiger partial charge on any atom is 0.319 e. The summed E-state index contributed by atoms with van der Waals surface area (Å²) in [6, 6.07) is -0.369. The van der Waals surface area contributed by atoms with Crippen molar-refractivity contribution in [3.05, 3.63) is 0 Å². The molecule has 2 amide bonds. The molecule has 0 aliphatic heterocycles. The molecule has 0 bridgehead atoms. The maximum absolute atomic E-state index is 11.1. The van der Waals surface area contributed by atoms with E-state index in [9.17, 15) is 9.59 Å². The zero-order valence-corrected chi connectivity index (χ0v) is 7.75. The lowest BCUT2D eigenvalue weighted by Gasteiger charge is -2.31. The molecule has 0 aliphatic carbocycles. The number of hydrogen-bond acceptors (Lipinski definition) is 3. The summed E-state index contributed by atoms with van der Waals surface area (Å²) in [5.41, 5.74) is -1.19. The Kier molecular flexibility index (Phi) is 3.69. The summed E-state index contributed by atoms with van der Waals surface area (Å²) in [5, 5.41) is 2.39. The van der Waals surface area contributed by atoms with Crippen molar-refractivity contribution in [1.82, 2.24) is 10.2 Å². The van der Waals surface area contributed by atoms with Crippen LogP contribution in [0.15, 0.2) is 0 Å². The highest BCUT2D eigenvalue weighted by Crippen LogP contribution is 2.10. The molecule has 1 unspecified atom stereocenters. The zero-order chi connectivity index (χ0) is 9.78. The summed E-state index contributed by atoms with van der Waals surface area (Å²) in [5.74, 6) is 0. The Bertz CT molecular complexity index is 183. The molecular weight excluding hydrogens is 160 g/mol.